The van der Waals surface area contributed by atoms with E-state index in [0.717, 1.165) is 59.8 Å². The Labute approximate surface area is 179 Å². The molecular weight excluding hydrogens is 436 g/mol. The Balaban J connectivity index is 1.57. The first-order valence-corrected chi connectivity index (χ1v) is 12.4. The van der Waals surface area contributed by atoms with Gasteiger partial charge in [0.2, 0.25) is 0 Å². The average molecular weight is 455 g/mol. The van der Waals surface area contributed by atoms with E-state index < -0.39 is 0 Å². The van der Waals surface area contributed by atoms with Crippen LogP contribution in [-0.2, 0) is 29.9 Å². The second-order valence-corrected chi connectivity index (χ2v) is 10.5. The predicted molar refractivity (Wildman–Crippen MR) is 114 cm³/mol. The van der Waals surface area contributed by atoms with E-state index in [-0.39, 0.29) is 11.7 Å². The third kappa shape index (κ3) is 3.52. The third-order valence-electron chi connectivity index (χ3n) is 5.30. The maximum atomic E-state index is 13.5. The van der Waals surface area contributed by atoms with Crippen LogP contribution in [0.5, 0.6) is 0 Å². The van der Waals surface area contributed by atoms with E-state index in [1.54, 1.807) is 11.3 Å². The number of rotatable bonds is 5. The molecule has 2 aliphatic rings. The highest BCUT2D eigenvalue weighted by Gasteiger charge is 2.25. The van der Waals surface area contributed by atoms with Crippen LogP contribution in [0.2, 0.25) is 4.34 Å². The van der Waals surface area contributed by atoms with E-state index in [1.165, 1.54) is 40.2 Å². The highest BCUT2D eigenvalue weighted by Crippen LogP contribution is 2.35. The van der Waals surface area contributed by atoms with Crippen LogP contribution in [0.15, 0.2) is 9.95 Å². The van der Waals surface area contributed by atoms with E-state index in [2.05, 4.69) is 9.59 Å². The minimum Gasteiger partial charge on any atom is -0.376 e. The van der Waals surface area contributed by atoms with E-state index in [1.807, 2.05) is 4.57 Å². The van der Waals surface area contributed by atoms with E-state index in [9.17, 15) is 4.79 Å². The lowest BCUT2D eigenvalue weighted by molar-refractivity contribution is 0.0937. The van der Waals surface area contributed by atoms with E-state index >= 15 is 0 Å². The normalized spacial score (nSPS) is 19.4. The molecule has 1 atom stereocenters. The molecule has 1 fully saturated rings. The molecule has 0 N–H and O–H groups in total. The topological polar surface area (TPSA) is 69.9 Å². The van der Waals surface area contributed by atoms with Crippen LogP contribution in [-0.4, -0.2) is 31.8 Å². The molecule has 0 spiro atoms. The second kappa shape index (κ2) is 8.02. The maximum Gasteiger partial charge on any atom is 0.263 e. The van der Waals surface area contributed by atoms with Crippen molar-refractivity contribution < 1.29 is 4.74 Å². The van der Waals surface area contributed by atoms with Gasteiger partial charge in [-0.2, -0.15) is 0 Å². The van der Waals surface area contributed by atoms with Crippen molar-refractivity contribution in [1.29, 1.82) is 0 Å². The van der Waals surface area contributed by atoms with Gasteiger partial charge in [0.05, 0.1) is 18.0 Å². The van der Waals surface area contributed by atoms with Crippen LogP contribution in [0.1, 0.15) is 41.8 Å². The maximum absolute atomic E-state index is 13.5. The smallest absolute Gasteiger partial charge is 0.263 e. The largest absolute Gasteiger partial charge is 0.376 e. The molecule has 1 unspecified atom stereocenters. The lowest BCUT2D eigenvalue weighted by atomic mass is 9.97. The minimum absolute atomic E-state index is 0.0740. The van der Waals surface area contributed by atoms with Gasteiger partial charge in [0.25, 0.3) is 5.56 Å². The molecule has 5 rings (SSSR count). The fourth-order valence-electron chi connectivity index (χ4n) is 3.90. The molecule has 1 saturated heterocycles. The Morgan fingerprint density at radius 1 is 1.29 bits per heavy atom. The first-order valence-electron chi connectivity index (χ1n) is 9.47. The fraction of sp³-hybridized carbons (Fsp3) is 0.556. The van der Waals surface area contributed by atoms with Gasteiger partial charge in [0.15, 0.2) is 5.16 Å². The summed E-state index contributed by atoms with van der Waals surface area (Å²) in [6.45, 7) is 1.32. The average Bonchev–Trinajstić information content (AvgIpc) is 3.42. The number of aromatic nitrogens is 4. The number of thioether (sulfide) groups is 1. The Bertz CT molecular complexity index is 1070. The van der Waals surface area contributed by atoms with Crippen molar-refractivity contribution in [3.8, 4) is 0 Å². The first kappa shape index (κ1) is 19.0. The van der Waals surface area contributed by atoms with Crippen LogP contribution in [0, 0.1) is 0 Å². The van der Waals surface area contributed by atoms with Gasteiger partial charge in [-0.3, -0.25) is 9.36 Å². The van der Waals surface area contributed by atoms with E-state index in [4.69, 9.17) is 21.3 Å². The Kier molecular flexibility index (Phi) is 5.44. The van der Waals surface area contributed by atoms with Crippen LogP contribution in [0.25, 0.3) is 10.2 Å². The third-order valence-corrected chi connectivity index (χ3v) is 8.46. The number of halogens is 1. The van der Waals surface area contributed by atoms with Crippen LogP contribution in [0.3, 0.4) is 0 Å². The zero-order chi connectivity index (χ0) is 19.1. The highest BCUT2D eigenvalue weighted by molar-refractivity contribution is 7.98. The molecule has 6 nitrogen and oxygen atoms in total. The summed E-state index contributed by atoms with van der Waals surface area (Å²) < 4.78 is 12.1. The highest BCUT2D eigenvalue weighted by atomic mass is 35.5. The molecule has 0 saturated carbocycles. The van der Waals surface area contributed by atoms with Gasteiger partial charge in [-0.1, -0.05) is 27.9 Å². The molecule has 1 aliphatic carbocycles. The summed E-state index contributed by atoms with van der Waals surface area (Å²) in [6, 6.07) is 0. The molecule has 148 valence electrons. The molecule has 3 aromatic heterocycles. The van der Waals surface area contributed by atoms with Gasteiger partial charge in [0, 0.05) is 28.8 Å². The van der Waals surface area contributed by atoms with Gasteiger partial charge < -0.3 is 4.74 Å². The molecule has 3 aromatic rings. The SMILES string of the molecule is O=c1c2c3c(sc2nc(SCc2nnsc2Cl)n1CC1CCCO1)CCCC3. The van der Waals surface area contributed by atoms with Gasteiger partial charge in [-0.05, 0) is 44.1 Å². The molecule has 28 heavy (non-hydrogen) atoms. The Morgan fingerprint density at radius 2 is 2.18 bits per heavy atom. The van der Waals surface area contributed by atoms with Crippen molar-refractivity contribution in [3.05, 3.63) is 30.8 Å². The summed E-state index contributed by atoms with van der Waals surface area (Å²) in [4.78, 5) is 20.6. The number of aryl methyl sites for hydroxylation is 2. The summed E-state index contributed by atoms with van der Waals surface area (Å²) in [5, 5.41) is 5.63. The Morgan fingerprint density at radius 3 is 2.96 bits per heavy atom. The first-order chi connectivity index (χ1) is 13.7. The summed E-state index contributed by atoms with van der Waals surface area (Å²) in [5.41, 5.74) is 2.04. The van der Waals surface area contributed by atoms with Gasteiger partial charge >= 0.3 is 0 Å². The zero-order valence-electron chi connectivity index (χ0n) is 15.1. The van der Waals surface area contributed by atoms with Crippen molar-refractivity contribution in [2.75, 3.05) is 6.61 Å². The quantitative estimate of drug-likeness (QED) is 0.422. The van der Waals surface area contributed by atoms with Crippen LogP contribution < -0.4 is 5.56 Å². The van der Waals surface area contributed by atoms with Crippen molar-refractivity contribution >= 4 is 56.4 Å². The zero-order valence-corrected chi connectivity index (χ0v) is 18.4. The predicted octanol–water partition coefficient (Wildman–Crippen LogP) is 4.31. The molecule has 0 aromatic carbocycles. The molecule has 0 radical (unpaired) electrons. The summed E-state index contributed by atoms with van der Waals surface area (Å²) in [5.74, 6) is 0.546. The molecular formula is C18H19ClN4O2S3. The van der Waals surface area contributed by atoms with Crippen molar-refractivity contribution in [3.63, 3.8) is 0 Å². The summed E-state index contributed by atoms with van der Waals surface area (Å²) >= 11 is 10.5. The lowest BCUT2D eigenvalue weighted by Gasteiger charge is -2.16. The number of nitrogens with zero attached hydrogens (tertiary/aromatic N) is 4. The summed E-state index contributed by atoms with van der Waals surface area (Å²) in [6.07, 6.45) is 6.50. The lowest BCUT2D eigenvalue weighted by Crippen LogP contribution is -2.29. The van der Waals surface area contributed by atoms with Crippen LogP contribution in [0.4, 0.5) is 0 Å². The number of hydrogen-bond donors (Lipinski definition) is 0. The molecule has 1 aliphatic heterocycles. The summed E-state index contributed by atoms with van der Waals surface area (Å²) in [7, 11) is 0. The number of fused-ring (bicyclic) bond motifs is 3. The number of hydrogen-bond acceptors (Lipinski definition) is 8. The number of ether oxygens (including phenoxy) is 1. The van der Waals surface area contributed by atoms with Crippen molar-refractivity contribution in [2.24, 2.45) is 0 Å². The van der Waals surface area contributed by atoms with Crippen LogP contribution >= 0.6 is 46.2 Å². The monoisotopic (exact) mass is 454 g/mol. The minimum atomic E-state index is 0.0740. The van der Waals surface area contributed by atoms with Gasteiger partial charge in [-0.15, -0.1) is 16.4 Å². The molecule has 10 heteroatoms. The standard InChI is InChI=1S/C18H19ClN4O2S3/c19-15-12(21-22-28-15)9-26-18-20-16-14(11-5-1-2-6-13(11)27-16)17(24)23(18)8-10-4-3-7-25-10/h10H,1-9H2. The fourth-order valence-corrected chi connectivity index (χ4v) is 6.94. The number of thiophene rings is 1. The Hall–Kier alpha value is -1.00. The van der Waals surface area contributed by atoms with Gasteiger partial charge in [0.1, 0.15) is 14.9 Å². The van der Waals surface area contributed by atoms with Crippen molar-refractivity contribution in [1.82, 2.24) is 19.1 Å². The second-order valence-electron chi connectivity index (χ2n) is 7.12. The van der Waals surface area contributed by atoms with Gasteiger partial charge in [-0.25, -0.2) is 4.98 Å². The molecule has 0 amide bonds. The van der Waals surface area contributed by atoms with E-state index in [0.29, 0.717) is 16.6 Å². The van der Waals surface area contributed by atoms with Crippen molar-refractivity contribution in [2.45, 2.75) is 62.1 Å². The molecule has 0 bridgehead atoms. The molecule has 4 heterocycles.